The van der Waals surface area contributed by atoms with Crippen molar-refractivity contribution in [1.29, 1.82) is 0 Å². The van der Waals surface area contributed by atoms with Crippen molar-refractivity contribution in [1.82, 2.24) is 10.6 Å². The molecular weight excluding hydrogens is 272 g/mol. The first-order valence-electron chi connectivity index (χ1n) is 6.50. The van der Waals surface area contributed by atoms with Crippen molar-refractivity contribution in [2.24, 2.45) is 0 Å². The second-order valence-electron chi connectivity index (χ2n) is 4.38. The molecule has 1 rings (SSSR count). The lowest BCUT2D eigenvalue weighted by Crippen LogP contribution is -2.36. The molecule has 0 fully saturated rings. The molecule has 0 aliphatic carbocycles. The molecule has 6 nitrogen and oxygen atoms in total. The lowest BCUT2D eigenvalue weighted by Gasteiger charge is -2.07. The summed E-state index contributed by atoms with van der Waals surface area (Å²) < 4.78 is 0. The molecule has 0 saturated carbocycles. The molecule has 1 aromatic carbocycles. The molecular formula is C15H18N2O4. The second kappa shape index (κ2) is 7.84. The fraction of sp³-hybridized carbons (Fsp3) is 0.267. The SMILES string of the molecule is CCNC(=O)CNC(=O)c1ccc(/C=C/C(=O)O)c(C)c1. The number of hydrogen-bond acceptors (Lipinski definition) is 3. The summed E-state index contributed by atoms with van der Waals surface area (Å²) in [4.78, 5) is 33.6. The van der Waals surface area contributed by atoms with Crippen LogP contribution in [0.25, 0.3) is 6.08 Å². The minimum absolute atomic E-state index is 0.0770. The predicted octanol–water partition coefficient (Wildman–Crippen LogP) is 0.959. The highest BCUT2D eigenvalue weighted by atomic mass is 16.4. The van der Waals surface area contributed by atoms with Gasteiger partial charge in [0, 0.05) is 18.2 Å². The number of likely N-dealkylation sites (N-methyl/N-ethyl adjacent to an activating group) is 1. The Labute approximate surface area is 122 Å². The molecule has 3 N–H and O–H groups in total. The molecule has 0 spiro atoms. The summed E-state index contributed by atoms with van der Waals surface area (Å²) in [6.45, 7) is 4.01. The van der Waals surface area contributed by atoms with E-state index < -0.39 is 5.97 Å². The van der Waals surface area contributed by atoms with Gasteiger partial charge in [0.15, 0.2) is 0 Å². The lowest BCUT2D eigenvalue weighted by molar-refractivity contribution is -0.131. The van der Waals surface area contributed by atoms with Crippen LogP contribution < -0.4 is 10.6 Å². The third kappa shape index (κ3) is 5.48. The second-order valence-corrected chi connectivity index (χ2v) is 4.38. The maximum atomic E-state index is 11.9. The van der Waals surface area contributed by atoms with E-state index in [1.807, 2.05) is 0 Å². The van der Waals surface area contributed by atoms with Crippen molar-refractivity contribution in [2.45, 2.75) is 13.8 Å². The van der Waals surface area contributed by atoms with E-state index in [0.29, 0.717) is 12.1 Å². The Morgan fingerprint density at radius 1 is 1.24 bits per heavy atom. The monoisotopic (exact) mass is 290 g/mol. The smallest absolute Gasteiger partial charge is 0.328 e. The molecule has 0 bridgehead atoms. The minimum atomic E-state index is -1.03. The van der Waals surface area contributed by atoms with Crippen LogP contribution in [0.3, 0.4) is 0 Å². The van der Waals surface area contributed by atoms with Gasteiger partial charge in [0.25, 0.3) is 5.91 Å². The average molecular weight is 290 g/mol. The number of carboxylic acid groups (broad SMARTS) is 1. The van der Waals surface area contributed by atoms with Gasteiger partial charge < -0.3 is 15.7 Å². The molecule has 0 unspecified atom stereocenters. The average Bonchev–Trinajstić information content (AvgIpc) is 2.43. The topological polar surface area (TPSA) is 95.5 Å². The molecule has 1 aromatic rings. The van der Waals surface area contributed by atoms with Crippen LogP contribution in [-0.4, -0.2) is 36.0 Å². The van der Waals surface area contributed by atoms with E-state index in [-0.39, 0.29) is 18.4 Å². The van der Waals surface area contributed by atoms with Gasteiger partial charge in [-0.3, -0.25) is 9.59 Å². The molecule has 0 radical (unpaired) electrons. The highest BCUT2D eigenvalue weighted by Crippen LogP contribution is 2.12. The maximum Gasteiger partial charge on any atom is 0.328 e. The zero-order valence-electron chi connectivity index (χ0n) is 12.0. The van der Waals surface area contributed by atoms with Gasteiger partial charge >= 0.3 is 5.97 Å². The van der Waals surface area contributed by atoms with Crippen LogP contribution in [0.4, 0.5) is 0 Å². The van der Waals surface area contributed by atoms with Gasteiger partial charge in [0.1, 0.15) is 0 Å². The Morgan fingerprint density at radius 3 is 2.52 bits per heavy atom. The van der Waals surface area contributed by atoms with Crippen molar-refractivity contribution >= 4 is 23.9 Å². The predicted molar refractivity (Wildman–Crippen MR) is 78.9 cm³/mol. The van der Waals surface area contributed by atoms with Gasteiger partial charge in [0.05, 0.1) is 6.54 Å². The van der Waals surface area contributed by atoms with Crippen LogP contribution in [0.1, 0.15) is 28.4 Å². The largest absolute Gasteiger partial charge is 0.478 e. The third-order valence-corrected chi connectivity index (χ3v) is 2.72. The van der Waals surface area contributed by atoms with E-state index >= 15 is 0 Å². The van der Waals surface area contributed by atoms with Gasteiger partial charge in [-0.05, 0) is 43.2 Å². The quantitative estimate of drug-likeness (QED) is 0.680. The summed E-state index contributed by atoms with van der Waals surface area (Å²) in [5.41, 5.74) is 1.92. The lowest BCUT2D eigenvalue weighted by atomic mass is 10.0. The van der Waals surface area contributed by atoms with Gasteiger partial charge in [-0.2, -0.15) is 0 Å². The summed E-state index contributed by atoms with van der Waals surface area (Å²) in [6, 6.07) is 4.89. The number of carbonyl (C=O) groups excluding carboxylic acids is 2. The Morgan fingerprint density at radius 2 is 1.95 bits per heavy atom. The number of amides is 2. The summed E-state index contributed by atoms with van der Waals surface area (Å²) in [7, 11) is 0. The molecule has 0 heterocycles. The molecule has 112 valence electrons. The first-order valence-corrected chi connectivity index (χ1v) is 6.50. The number of benzene rings is 1. The van der Waals surface area contributed by atoms with E-state index in [9.17, 15) is 14.4 Å². The van der Waals surface area contributed by atoms with E-state index in [4.69, 9.17) is 5.11 Å². The number of rotatable bonds is 6. The van der Waals surface area contributed by atoms with Gasteiger partial charge in [-0.25, -0.2) is 4.79 Å². The first-order chi connectivity index (χ1) is 9.93. The Balaban J connectivity index is 2.72. The normalized spacial score (nSPS) is 10.4. The Hall–Kier alpha value is -2.63. The van der Waals surface area contributed by atoms with Gasteiger partial charge in [-0.1, -0.05) is 6.07 Å². The fourth-order valence-electron chi connectivity index (χ4n) is 1.69. The number of aliphatic carboxylic acids is 1. The van der Waals surface area contributed by atoms with E-state index in [2.05, 4.69) is 10.6 Å². The number of carboxylic acids is 1. The summed E-state index contributed by atoms with van der Waals surface area (Å²) in [6.07, 6.45) is 2.51. The van der Waals surface area contributed by atoms with Crippen LogP contribution in [0.5, 0.6) is 0 Å². The van der Waals surface area contributed by atoms with Crippen molar-refractivity contribution in [3.8, 4) is 0 Å². The van der Waals surface area contributed by atoms with Crippen LogP contribution in [-0.2, 0) is 9.59 Å². The molecule has 0 saturated heterocycles. The zero-order chi connectivity index (χ0) is 15.8. The van der Waals surface area contributed by atoms with Gasteiger partial charge in [-0.15, -0.1) is 0 Å². The third-order valence-electron chi connectivity index (χ3n) is 2.72. The Kier molecular flexibility index (Phi) is 6.13. The number of aryl methyl sites for hydroxylation is 1. The molecule has 0 aromatic heterocycles. The molecule has 0 aliphatic rings. The highest BCUT2D eigenvalue weighted by molar-refractivity contribution is 5.97. The van der Waals surface area contributed by atoms with Crippen LogP contribution in [0, 0.1) is 6.92 Å². The van der Waals surface area contributed by atoms with E-state index in [1.54, 1.807) is 32.0 Å². The molecule has 0 aliphatic heterocycles. The fourth-order valence-corrected chi connectivity index (χ4v) is 1.69. The Bertz CT molecular complexity index is 579. The molecule has 21 heavy (non-hydrogen) atoms. The van der Waals surface area contributed by atoms with Gasteiger partial charge in [0.2, 0.25) is 5.91 Å². The maximum absolute atomic E-state index is 11.9. The first kappa shape index (κ1) is 16.4. The zero-order valence-corrected chi connectivity index (χ0v) is 12.0. The molecule has 6 heteroatoms. The van der Waals surface area contributed by atoms with Crippen molar-refractivity contribution in [3.05, 3.63) is 41.0 Å². The van der Waals surface area contributed by atoms with E-state index in [0.717, 1.165) is 17.2 Å². The highest BCUT2D eigenvalue weighted by Gasteiger charge is 2.08. The van der Waals surface area contributed by atoms with E-state index in [1.165, 1.54) is 6.08 Å². The van der Waals surface area contributed by atoms with Crippen molar-refractivity contribution < 1.29 is 19.5 Å². The van der Waals surface area contributed by atoms with Crippen LogP contribution >= 0.6 is 0 Å². The number of carbonyl (C=O) groups is 3. The van der Waals surface area contributed by atoms with Crippen molar-refractivity contribution in [2.75, 3.05) is 13.1 Å². The number of nitrogens with one attached hydrogen (secondary N) is 2. The summed E-state index contributed by atoms with van der Waals surface area (Å²) in [5, 5.41) is 13.7. The number of hydrogen-bond donors (Lipinski definition) is 3. The minimum Gasteiger partial charge on any atom is -0.478 e. The van der Waals surface area contributed by atoms with Crippen molar-refractivity contribution in [3.63, 3.8) is 0 Å². The summed E-state index contributed by atoms with van der Waals surface area (Å²) in [5.74, 6) is -1.63. The molecule has 2 amide bonds. The van der Waals surface area contributed by atoms with Crippen LogP contribution in [0.2, 0.25) is 0 Å². The summed E-state index contributed by atoms with van der Waals surface area (Å²) >= 11 is 0. The van der Waals surface area contributed by atoms with Crippen LogP contribution in [0.15, 0.2) is 24.3 Å². The molecule has 0 atom stereocenters. The standard InChI is InChI=1S/C15H18N2O4/c1-3-16-13(18)9-17-15(21)12-5-4-11(10(2)8-12)6-7-14(19)20/h4-8H,3,9H2,1-2H3,(H,16,18)(H,17,21)(H,19,20)/b7-6+.